The number of rotatable bonds is 8. The molecule has 0 bridgehead atoms. The molecular formula is C17H20N4O5S. The molecule has 0 unspecified atom stereocenters. The van der Waals surface area contributed by atoms with Gasteiger partial charge in [-0.05, 0) is 12.1 Å². The van der Waals surface area contributed by atoms with E-state index in [1.54, 1.807) is 16.7 Å². The Morgan fingerprint density at radius 1 is 1.30 bits per heavy atom. The van der Waals surface area contributed by atoms with Crippen LogP contribution in [0, 0.1) is 0 Å². The lowest BCUT2D eigenvalue weighted by molar-refractivity contribution is 0.0914. The lowest BCUT2D eigenvalue weighted by Gasteiger charge is -2.15. The number of benzene rings is 1. The van der Waals surface area contributed by atoms with Gasteiger partial charge < -0.3 is 19.5 Å². The van der Waals surface area contributed by atoms with Crippen molar-refractivity contribution in [3.63, 3.8) is 0 Å². The van der Waals surface area contributed by atoms with Gasteiger partial charge in [-0.1, -0.05) is 30.0 Å². The van der Waals surface area contributed by atoms with Gasteiger partial charge in [0, 0.05) is 12.8 Å². The topological polar surface area (TPSA) is 122 Å². The molecule has 3 N–H and O–H groups in total. The number of aromatic nitrogens is 4. The smallest absolute Gasteiger partial charge is 0.329 e. The summed E-state index contributed by atoms with van der Waals surface area (Å²) in [5.74, 6) is 0.994. The van der Waals surface area contributed by atoms with E-state index in [1.165, 1.54) is 23.4 Å². The third-order valence-electron chi connectivity index (χ3n) is 3.87. The molecule has 10 heteroatoms. The number of H-pyrrole nitrogens is 1. The molecular weight excluding hydrogens is 372 g/mol. The monoisotopic (exact) mass is 392 g/mol. The maximum atomic E-state index is 12.3. The van der Waals surface area contributed by atoms with Crippen LogP contribution in [0.4, 0.5) is 0 Å². The first-order valence-corrected chi connectivity index (χ1v) is 9.29. The molecule has 1 atom stereocenters. The fourth-order valence-corrected chi connectivity index (χ4v) is 3.35. The average molecular weight is 392 g/mol. The molecule has 0 aliphatic carbocycles. The maximum absolute atomic E-state index is 12.3. The summed E-state index contributed by atoms with van der Waals surface area (Å²) in [6.07, 6.45) is -0.910. The fourth-order valence-electron chi connectivity index (χ4n) is 2.60. The van der Waals surface area contributed by atoms with Crippen LogP contribution in [0.15, 0.2) is 45.1 Å². The van der Waals surface area contributed by atoms with E-state index in [2.05, 4.69) is 9.97 Å². The number of ether oxygens (including phenoxy) is 1. The van der Waals surface area contributed by atoms with Crippen molar-refractivity contribution in [2.24, 2.45) is 7.05 Å². The van der Waals surface area contributed by atoms with Crippen LogP contribution in [-0.2, 0) is 13.6 Å². The molecule has 0 fully saturated rings. The molecule has 2 aromatic heterocycles. The fraction of sp³-hybridized carbons (Fsp3) is 0.353. The van der Waals surface area contributed by atoms with E-state index in [1.807, 2.05) is 18.2 Å². The first kappa shape index (κ1) is 19.2. The van der Waals surface area contributed by atoms with Gasteiger partial charge in [0.15, 0.2) is 16.3 Å². The van der Waals surface area contributed by atoms with E-state index < -0.39 is 17.4 Å². The Bertz CT molecular complexity index is 1030. The molecule has 2 heterocycles. The number of hydrogen-bond acceptors (Lipinski definition) is 7. The first-order chi connectivity index (χ1) is 13.0. The van der Waals surface area contributed by atoms with Crippen LogP contribution in [0.3, 0.4) is 0 Å². The van der Waals surface area contributed by atoms with Crippen LogP contribution in [0.25, 0.3) is 11.2 Å². The van der Waals surface area contributed by atoms with Crippen LogP contribution in [0.5, 0.6) is 5.75 Å². The predicted octanol–water partition coefficient (Wildman–Crippen LogP) is -0.0524. The number of aromatic amines is 1. The summed E-state index contributed by atoms with van der Waals surface area (Å²) in [4.78, 5) is 30.7. The normalized spacial score (nSPS) is 12.4. The van der Waals surface area contributed by atoms with E-state index in [0.29, 0.717) is 16.7 Å². The highest BCUT2D eigenvalue weighted by Gasteiger charge is 2.20. The lowest BCUT2D eigenvalue weighted by atomic mass is 10.3. The van der Waals surface area contributed by atoms with Gasteiger partial charge in [0.1, 0.15) is 18.5 Å². The third-order valence-corrected chi connectivity index (χ3v) is 4.83. The van der Waals surface area contributed by atoms with Gasteiger partial charge in [-0.15, -0.1) is 0 Å². The Labute approximate surface area is 158 Å². The zero-order valence-corrected chi connectivity index (χ0v) is 15.5. The Kier molecular flexibility index (Phi) is 5.99. The van der Waals surface area contributed by atoms with Gasteiger partial charge in [0.2, 0.25) is 0 Å². The van der Waals surface area contributed by atoms with E-state index in [4.69, 9.17) is 9.84 Å². The third kappa shape index (κ3) is 4.24. The number of nitrogens with zero attached hydrogens (tertiary/aromatic N) is 3. The number of fused-ring (bicyclic) bond motifs is 1. The van der Waals surface area contributed by atoms with Crippen molar-refractivity contribution in [3.8, 4) is 5.75 Å². The van der Waals surface area contributed by atoms with Crippen molar-refractivity contribution in [1.82, 2.24) is 19.1 Å². The van der Waals surface area contributed by atoms with E-state index in [-0.39, 0.29) is 30.9 Å². The van der Waals surface area contributed by atoms with Crippen molar-refractivity contribution < 1.29 is 14.9 Å². The molecule has 27 heavy (non-hydrogen) atoms. The van der Waals surface area contributed by atoms with Gasteiger partial charge in [0.05, 0.1) is 13.2 Å². The molecule has 0 spiro atoms. The standard InChI is InChI=1S/C17H20N4O5S/c1-20-14-13(15(24)19-16(20)25)21(17(18-14)27-8-7-22)9-11(23)10-26-12-5-3-2-4-6-12/h2-6,11,22-23H,7-10H2,1H3,(H,19,24,25)/t11-/m1/s1. The quantitative estimate of drug-likeness (QED) is 0.459. The Balaban J connectivity index is 1.90. The van der Waals surface area contributed by atoms with Gasteiger partial charge in [-0.3, -0.25) is 14.3 Å². The van der Waals surface area contributed by atoms with Gasteiger partial charge >= 0.3 is 5.69 Å². The van der Waals surface area contributed by atoms with Crippen molar-refractivity contribution in [2.75, 3.05) is 19.0 Å². The zero-order valence-electron chi connectivity index (χ0n) is 14.7. The van der Waals surface area contributed by atoms with Crippen LogP contribution in [0.1, 0.15) is 0 Å². The summed E-state index contributed by atoms with van der Waals surface area (Å²) < 4.78 is 8.34. The average Bonchev–Trinajstić information content (AvgIpc) is 3.02. The van der Waals surface area contributed by atoms with E-state index >= 15 is 0 Å². The second-order valence-electron chi connectivity index (χ2n) is 5.85. The number of aliphatic hydroxyl groups is 2. The maximum Gasteiger partial charge on any atom is 0.329 e. The number of thioether (sulfide) groups is 1. The number of para-hydroxylation sites is 1. The summed E-state index contributed by atoms with van der Waals surface area (Å²) in [6, 6.07) is 9.08. The molecule has 9 nitrogen and oxygen atoms in total. The van der Waals surface area contributed by atoms with Crippen LogP contribution in [-0.4, -0.2) is 54.4 Å². The van der Waals surface area contributed by atoms with Crippen LogP contribution >= 0.6 is 11.8 Å². The minimum absolute atomic E-state index is 0.0253. The molecule has 3 aromatic rings. The molecule has 0 aliphatic rings. The highest BCUT2D eigenvalue weighted by molar-refractivity contribution is 7.99. The Morgan fingerprint density at radius 2 is 2.04 bits per heavy atom. The summed E-state index contributed by atoms with van der Waals surface area (Å²) >= 11 is 1.23. The number of hydrogen-bond donors (Lipinski definition) is 3. The van der Waals surface area contributed by atoms with Crippen molar-refractivity contribution in [2.45, 2.75) is 17.8 Å². The molecule has 144 valence electrons. The van der Waals surface area contributed by atoms with Crippen molar-refractivity contribution in [1.29, 1.82) is 0 Å². The number of nitrogens with one attached hydrogen (secondary N) is 1. The summed E-state index contributed by atoms with van der Waals surface area (Å²) in [6.45, 7) is 0.0126. The minimum atomic E-state index is -0.910. The molecule has 0 aliphatic heterocycles. The zero-order chi connectivity index (χ0) is 19.4. The second kappa shape index (κ2) is 8.42. The SMILES string of the molecule is Cn1c(=O)[nH]c(=O)c2c1nc(SCCO)n2C[C@@H](O)COc1ccccc1. The Morgan fingerprint density at radius 3 is 2.74 bits per heavy atom. The second-order valence-corrected chi connectivity index (χ2v) is 6.91. The highest BCUT2D eigenvalue weighted by Crippen LogP contribution is 2.21. The number of aliphatic hydroxyl groups excluding tert-OH is 2. The van der Waals surface area contributed by atoms with Gasteiger partial charge in [-0.25, -0.2) is 9.78 Å². The number of aryl methyl sites for hydroxylation is 1. The van der Waals surface area contributed by atoms with Crippen LogP contribution in [0.2, 0.25) is 0 Å². The molecule has 3 rings (SSSR count). The van der Waals surface area contributed by atoms with E-state index in [9.17, 15) is 14.7 Å². The number of imidazole rings is 1. The highest BCUT2D eigenvalue weighted by atomic mass is 32.2. The largest absolute Gasteiger partial charge is 0.491 e. The molecule has 1 aromatic carbocycles. The van der Waals surface area contributed by atoms with Crippen LogP contribution < -0.4 is 16.0 Å². The Hall–Kier alpha value is -2.56. The van der Waals surface area contributed by atoms with Crippen molar-refractivity contribution in [3.05, 3.63) is 51.2 Å². The summed E-state index contributed by atoms with van der Waals surface area (Å²) in [7, 11) is 1.51. The molecule has 0 radical (unpaired) electrons. The van der Waals surface area contributed by atoms with Gasteiger partial charge in [-0.2, -0.15) is 0 Å². The predicted molar refractivity (Wildman–Crippen MR) is 101 cm³/mol. The van der Waals surface area contributed by atoms with Crippen molar-refractivity contribution >= 4 is 22.9 Å². The summed E-state index contributed by atoms with van der Waals surface area (Å²) in [5, 5.41) is 19.9. The summed E-state index contributed by atoms with van der Waals surface area (Å²) in [5.41, 5.74) is -0.729. The first-order valence-electron chi connectivity index (χ1n) is 8.30. The molecule has 0 amide bonds. The molecule has 0 saturated heterocycles. The molecule has 0 saturated carbocycles. The van der Waals surface area contributed by atoms with E-state index in [0.717, 1.165) is 0 Å². The van der Waals surface area contributed by atoms with Gasteiger partial charge in [0.25, 0.3) is 5.56 Å². The lowest BCUT2D eigenvalue weighted by Crippen LogP contribution is -2.30. The minimum Gasteiger partial charge on any atom is -0.491 e.